The van der Waals surface area contributed by atoms with Gasteiger partial charge in [-0.25, -0.2) is 4.79 Å². The quantitative estimate of drug-likeness (QED) is 0.868. The van der Waals surface area contributed by atoms with Crippen molar-refractivity contribution in [1.29, 1.82) is 0 Å². The Morgan fingerprint density at radius 1 is 1.05 bits per heavy atom. The van der Waals surface area contributed by atoms with E-state index >= 15 is 0 Å². The first-order valence-electron chi connectivity index (χ1n) is 6.43. The lowest BCUT2D eigenvalue weighted by molar-refractivity contribution is 0.0697. The topological polar surface area (TPSA) is 57.5 Å². The van der Waals surface area contributed by atoms with E-state index in [1.165, 1.54) is 0 Å². The molecule has 0 amide bonds. The number of phenolic OH excluding ortho intramolecular Hbond substituents is 1. The van der Waals surface area contributed by atoms with E-state index in [1.807, 2.05) is 36.4 Å². The molecule has 20 heavy (non-hydrogen) atoms. The van der Waals surface area contributed by atoms with Gasteiger partial charge in [-0.1, -0.05) is 42.5 Å². The van der Waals surface area contributed by atoms with Gasteiger partial charge in [0, 0.05) is 5.56 Å². The van der Waals surface area contributed by atoms with Crippen molar-refractivity contribution in [1.82, 2.24) is 0 Å². The number of hydrogen-bond acceptors (Lipinski definition) is 2. The second kappa shape index (κ2) is 6.57. The van der Waals surface area contributed by atoms with Crippen LogP contribution in [0.4, 0.5) is 0 Å². The molecule has 0 heterocycles. The number of carbonyl (C=O) groups is 1. The summed E-state index contributed by atoms with van der Waals surface area (Å²) in [6.07, 6.45) is 5.56. The highest BCUT2D eigenvalue weighted by Crippen LogP contribution is 2.17. The number of carboxylic acids is 1. The van der Waals surface area contributed by atoms with Crippen molar-refractivity contribution in [3.05, 3.63) is 71.3 Å². The molecular formula is C17H16O3. The van der Waals surface area contributed by atoms with Gasteiger partial charge < -0.3 is 10.2 Å². The summed E-state index contributed by atoms with van der Waals surface area (Å²) in [5.74, 6) is -0.634. The molecule has 2 rings (SSSR count). The molecule has 0 radical (unpaired) electrons. The SMILES string of the molecule is O=C(O)c1ccc(CC/C=C/c2ccccc2O)cc1. The number of aromatic carboxylic acids is 1. The van der Waals surface area contributed by atoms with Gasteiger partial charge in [-0.05, 0) is 36.6 Å². The maximum Gasteiger partial charge on any atom is 0.335 e. The van der Waals surface area contributed by atoms with Gasteiger partial charge in [0.1, 0.15) is 5.75 Å². The Bertz CT molecular complexity index is 612. The predicted molar refractivity (Wildman–Crippen MR) is 78.9 cm³/mol. The van der Waals surface area contributed by atoms with Crippen LogP contribution >= 0.6 is 0 Å². The number of aryl methyl sites for hydroxylation is 1. The van der Waals surface area contributed by atoms with Crippen LogP contribution < -0.4 is 0 Å². The van der Waals surface area contributed by atoms with Crippen LogP contribution in [0.25, 0.3) is 6.08 Å². The molecule has 0 saturated carbocycles. The lowest BCUT2D eigenvalue weighted by atomic mass is 10.1. The average Bonchev–Trinajstić information content (AvgIpc) is 2.46. The molecule has 2 N–H and O–H groups in total. The van der Waals surface area contributed by atoms with Crippen LogP contribution in [0.5, 0.6) is 5.75 Å². The number of benzene rings is 2. The minimum atomic E-state index is -0.906. The zero-order valence-corrected chi connectivity index (χ0v) is 11.0. The molecule has 2 aromatic carbocycles. The van der Waals surface area contributed by atoms with Crippen molar-refractivity contribution in [3.63, 3.8) is 0 Å². The minimum Gasteiger partial charge on any atom is -0.507 e. The van der Waals surface area contributed by atoms with E-state index in [2.05, 4.69) is 0 Å². The highest BCUT2D eigenvalue weighted by Gasteiger charge is 2.01. The Balaban J connectivity index is 1.90. The van der Waals surface area contributed by atoms with E-state index in [4.69, 9.17) is 5.11 Å². The maximum absolute atomic E-state index is 10.7. The van der Waals surface area contributed by atoms with Gasteiger partial charge in [0.05, 0.1) is 5.56 Å². The third-order valence-electron chi connectivity index (χ3n) is 3.03. The number of phenols is 1. The number of rotatable bonds is 5. The first-order chi connectivity index (χ1) is 9.66. The van der Waals surface area contributed by atoms with Crippen LogP contribution in [0, 0.1) is 0 Å². The Kier molecular flexibility index (Phi) is 4.56. The Hall–Kier alpha value is -2.55. The van der Waals surface area contributed by atoms with Crippen molar-refractivity contribution in [3.8, 4) is 5.75 Å². The monoisotopic (exact) mass is 268 g/mol. The fourth-order valence-corrected chi connectivity index (χ4v) is 1.90. The molecule has 0 aromatic heterocycles. The summed E-state index contributed by atoms with van der Waals surface area (Å²) in [6.45, 7) is 0. The first-order valence-corrected chi connectivity index (χ1v) is 6.43. The lowest BCUT2D eigenvalue weighted by Gasteiger charge is -2.00. The highest BCUT2D eigenvalue weighted by atomic mass is 16.4. The largest absolute Gasteiger partial charge is 0.507 e. The molecule has 102 valence electrons. The second-order valence-electron chi connectivity index (χ2n) is 4.50. The number of carboxylic acid groups (broad SMARTS) is 1. The average molecular weight is 268 g/mol. The smallest absolute Gasteiger partial charge is 0.335 e. The molecule has 0 atom stereocenters. The molecule has 0 spiro atoms. The minimum absolute atomic E-state index is 0.273. The summed E-state index contributed by atoms with van der Waals surface area (Å²) >= 11 is 0. The van der Waals surface area contributed by atoms with Gasteiger partial charge in [-0.2, -0.15) is 0 Å². The summed E-state index contributed by atoms with van der Waals surface area (Å²) in [5.41, 5.74) is 2.20. The molecule has 3 heteroatoms. The Morgan fingerprint density at radius 3 is 2.40 bits per heavy atom. The number of allylic oxidation sites excluding steroid dienone is 1. The van der Waals surface area contributed by atoms with E-state index in [1.54, 1.807) is 24.3 Å². The van der Waals surface area contributed by atoms with Crippen LogP contribution in [-0.2, 0) is 6.42 Å². The highest BCUT2D eigenvalue weighted by molar-refractivity contribution is 5.87. The standard InChI is InChI=1S/C17H16O3/c18-16-8-4-3-7-14(16)6-2-1-5-13-9-11-15(12-10-13)17(19)20/h2-4,6-12,18H,1,5H2,(H,19,20)/b6-2+. The predicted octanol–water partition coefficient (Wildman–Crippen LogP) is 3.74. The fourth-order valence-electron chi connectivity index (χ4n) is 1.90. The third kappa shape index (κ3) is 3.72. The van der Waals surface area contributed by atoms with Crippen molar-refractivity contribution in [2.24, 2.45) is 0 Å². The van der Waals surface area contributed by atoms with E-state index < -0.39 is 5.97 Å². The molecule has 0 aliphatic carbocycles. The van der Waals surface area contributed by atoms with Crippen LogP contribution in [0.1, 0.15) is 27.9 Å². The first kappa shape index (κ1) is 13.9. The normalized spacial score (nSPS) is 10.8. The summed E-state index contributed by atoms with van der Waals surface area (Å²) < 4.78 is 0. The summed E-state index contributed by atoms with van der Waals surface area (Å²) in [4.78, 5) is 10.7. The van der Waals surface area contributed by atoms with Crippen molar-refractivity contribution < 1.29 is 15.0 Å². The van der Waals surface area contributed by atoms with E-state index in [-0.39, 0.29) is 5.75 Å². The van der Waals surface area contributed by atoms with Crippen molar-refractivity contribution in [2.75, 3.05) is 0 Å². The maximum atomic E-state index is 10.7. The van der Waals surface area contributed by atoms with Gasteiger partial charge in [-0.3, -0.25) is 0 Å². The van der Waals surface area contributed by atoms with Crippen LogP contribution in [0.3, 0.4) is 0 Å². The van der Waals surface area contributed by atoms with Gasteiger partial charge in [0.15, 0.2) is 0 Å². The Morgan fingerprint density at radius 2 is 1.75 bits per heavy atom. The summed E-state index contributed by atoms with van der Waals surface area (Å²) in [7, 11) is 0. The van der Waals surface area contributed by atoms with Crippen molar-refractivity contribution in [2.45, 2.75) is 12.8 Å². The van der Waals surface area contributed by atoms with E-state index in [0.717, 1.165) is 24.0 Å². The molecule has 0 fully saturated rings. The number of aromatic hydroxyl groups is 1. The zero-order valence-electron chi connectivity index (χ0n) is 11.0. The molecule has 0 aliphatic heterocycles. The molecule has 0 saturated heterocycles. The zero-order chi connectivity index (χ0) is 14.4. The van der Waals surface area contributed by atoms with Gasteiger partial charge >= 0.3 is 5.97 Å². The van der Waals surface area contributed by atoms with E-state index in [0.29, 0.717) is 5.56 Å². The van der Waals surface area contributed by atoms with E-state index in [9.17, 15) is 9.90 Å². The molecular weight excluding hydrogens is 252 g/mol. The van der Waals surface area contributed by atoms with Gasteiger partial charge in [0.2, 0.25) is 0 Å². The third-order valence-corrected chi connectivity index (χ3v) is 3.03. The van der Waals surface area contributed by atoms with Gasteiger partial charge in [0.25, 0.3) is 0 Å². The molecule has 3 nitrogen and oxygen atoms in total. The second-order valence-corrected chi connectivity index (χ2v) is 4.50. The Labute approximate surface area is 117 Å². The molecule has 0 bridgehead atoms. The number of hydrogen-bond donors (Lipinski definition) is 2. The summed E-state index contributed by atoms with van der Waals surface area (Å²) in [5, 5.41) is 18.4. The fraction of sp³-hybridized carbons (Fsp3) is 0.118. The summed E-state index contributed by atoms with van der Waals surface area (Å²) in [6, 6.07) is 14.1. The van der Waals surface area contributed by atoms with Crippen LogP contribution in [0.2, 0.25) is 0 Å². The number of para-hydroxylation sites is 1. The van der Waals surface area contributed by atoms with Crippen LogP contribution in [0.15, 0.2) is 54.6 Å². The molecule has 2 aromatic rings. The molecule has 0 aliphatic rings. The van der Waals surface area contributed by atoms with Gasteiger partial charge in [-0.15, -0.1) is 0 Å². The molecule has 0 unspecified atom stereocenters. The van der Waals surface area contributed by atoms with Crippen molar-refractivity contribution >= 4 is 12.0 Å². The van der Waals surface area contributed by atoms with Crippen LogP contribution in [-0.4, -0.2) is 16.2 Å². The lowest BCUT2D eigenvalue weighted by Crippen LogP contribution is -1.95.